The molecule has 0 aliphatic carbocycles. The Kier molecular flexibility index (Phi) is 3.26. The quantitative estimate of drug-likeness (QED) is 0.805. The average molecular weight is 217 g/mol. The van der Waals surface area contributed by atoms with Gasteiger partial charge in [0.2, 0.25) is 0 Å². The molecule has 2 rings (SSSR count). The summed E-state index contributed by atoms with van der Waals surface area (Å²) in [5.74, 6) is 0.685. The smallest absolute Gasteiger partial charge is 0.188 e. The van der Waals surface area contributed by atoms with E-state index in [4.69, 9.17) is 0 Å². The molecule has 5 heteroatoms. The predicted octanol–water partition coefficient (Wildman–Crippen LogP) is 1.11. The lowest BCUT2D eigenvalue weighted by Gasteiger charge is -2.07. The number of aromatic amines is 1. The highest BCUT2D eigenvalue weighted by atomic mass is 15.5. The van der Waals surface area contributed by atoms with Crippen molar-refractivity contribution >= 4 is 0 Å². The van der Waals surface area contributed by atoms with E-state index in [0.29, 0.717) is 12.4 Å². The fourth-order valence-corrected chi connectivity index (χ4v) is 1.61. The van der Waals surface area contributed by atoms with Gasteiger partial charge in [0.1, 0.15) is 0 Å². The first-order chi connectivity index (χ1) is 7.75. The molecule has 0 aliphatic rings. The summed E-state index contributed by atoms with van der Waals surface area (Å²) < 4.78 is 0. The fourth-order valence-electron chi connectivity index (χ4n) is 1.61. The van der Waals surface area contributed by atoms with Gasteiger partial charge >= 0.3 is 0 Å². The van der Waals surface area contributed by atoms with E-state index in [1.165, 1.54) is 16.7 Å². The van der Waals surface area contributed by atoms with Crippen LogP contribution in [0.3, 0.4) is 0 Å². The summed E-state index contributed by atoms with van der Waals surface area (Å²) in [7, 11) is 0. The maximum Gasteiger partial charge on any atom is 0.188 e. The minimum atomic E-state index is 0.629. The first-order valence-electron chi connectivity index (χ1n) is 5.25. The van der Waals surface area contributed by atoms with Crippen LogP contribution in [-0.2, 0) is 13.1 Å². The number of nitrogens with zero attached hydrogens (tertiary/aromatic N) is 3. The van der Waals surface area contributed by atoms with Gasteiger partial charge in [0.15, 0.2) is 5.82 Å². The normalized spacial score (nSPS) is 10.6. The summed E-state index contributed by atoms with van der Waals surface area (Å²) >= 11 is 0. The molecule has 84 valence electrons. The van der Waals surface area contributed by atoms with E-state index in [9.17, 15) is 0 Å². The number of H-pyrrole nitrogens is 1. The van der Waals surface area contributed by atoms with Crippen LogP contribution < -0.4 is 5.32 Å². The monoisotopic (exact) mass is 217 g/mol. The van der Waals surface area contributed by atoms with E-state index in [0.717, 1.165) is 6.54 Å². The molecular weight excluding hydrogens is 202 g/mol. The van der Waals surface area contributed by atoms with Gasteiger partial charge in [0, 0.05) is 6.54 Å². The maximum atomic E-state index is 3.87. The number of aryl methyl sites for hydroxylation is 2. The van der Waals surface area contributed by atoms with E-state index in [1.54, 1.807) is 0 Å². The van der Waals surface area contributed by atoms with Gasteiger partial charge in [0.25, 0.3) is 0 Å². The van der Waals surface area contributed by atoms with Gasteiger partial charge < -0.3 is 5.32 Å². The Morgan fingerprint density at radius 2 is 2.12 bits per heavy atom. The second-order valence-electron chi connectivity index (χ2n) is 3.86. The SMILES string of the molecule is Cc1ccc(CNCc2nn[nH]n2)c(C)c1. The first kappa shape index (κ1) is 10.8. The van der Waals surface area contributed by atoms with Gasteiger partial charge in [-0.1, -0.05) is 29.0 Å². The van der Waals surface area contributed by atoms with Crippen molar-refractivity contribution in [3.05, 3.63) is 40.7 Å². The van der Waals surface area contributed by atoms with Crippen molar-refractivity contribution in [1.29, 1.82) is 0 Å². The second kappa shape index (κ2) is 4.85. The van der Waals surface area contributed by atoms with E-state index in [-0.39, 0.29) is 0 Å². The zero-order chi connectivity index (χ0) is 11.4. The van der Waals surface area contributed by atoms with Crippen molar-refractivity contribution in [2.24, 2.45) is 0 Å². The molecule has 0 aliphatic heterocycles. The van der Waals surface area contributed by atoms with E-state index >= 15 is 0 Å². The van der Waals surface area contributed by atoms with E-state index < -0.39 is 0 Å². The Hall–Kier alpha value is -1.75. The van der Waals surface area contributed by atoms with E-state index in [1.807, 2.05) is 0 Å². The number of hydrogen-bond acceptors (Lipinski definition) is 4. The van der Waals surface area contributed by atoms with Crippen molar-refractivity contribution in [3.63, 3.8) is 0 Å². The molecule has 2 aromatic rings. The molecule has 0 bridgehead atoms. The molecule has 5 nitrogen and oxygen atoms in total. The summed E-state index contributed by atoms with van der Waals surface area (Å²) in [6.45, 7) is 5.67. The number of tetrazole rings is 1. The van der Waals surface area contributed by atoms with Gasteiger partial charge in [0.05, 0.1) is 6.54 Å². The topological polar surface area (TPSA) is 66.5 Å². The molecule has 0 unspecified atom stereocenters. The number of aromatic nitrogens is 4. The predicted molar refractivity (Wildman–Crippen MR) is 60.6 cm³/mol. The lowest BCUT2D eigenvalue weighted by atomic mass is 10.1. The van der Waals surface area contributed by atoms with Crippen LogP contribution in [-0.4, -0.2) is 20.6 Å². The molecule has 16 heavy (non-hydrogen) atoms. The third kappa shape index (κ3) is 2.64. The first-order valence-corrected chi connectivity index (χ1v) is 5.25. The minimum Gasteiger partial charge on any atom is -0.306 e. The van der Waals surface area contributed by atoms with Gasteiger partial charge in [-0.15, -0.1) is 10.2 Å². The molecule has 0 spiro atoms. The Morgan fingerprint density at radius 3 is 2.81 bits per heavy atom. The third-order valence-corrected chi connectivity index (χ3v) is 2.49. The van der Waals surface area contributed by atoms with Crippen molar-refractivity contribution in [2.75, 3.05) is 0 Å². The molecule has 1 aromatic carbocycles. The molecule has 0 radical (unpaired) electrons. The highest BCUT2D eigenvalue weighted by molar-refractivity contribution is 5.30. The highest BCUT2D eigenvalue weighted by Crippen LogP contribution is 2.10. The Balaban J connectivity index is 1.90. The highest BCUT2D eigenvalue weighted by Gasteiger charge is 2.00. The van der Waals surface area contributed by atoms with Crippen LogP contribution in [0, 0.1) is 13.8 Å². The van der Waals surface area contributed by atoms with Crippen molar-refractivity contribution in [1.82, 2.24) is 25.9 Å². The molecule has 0 saturated heterocycles. The standard InChI is InChI=1S/C11H15N5/c1-8-3-4-10(9(2)5-8)6-12-7-11-13-15-16-14-11/h3-5,12H,6-7H2,1-2H3,(H,13,14,15,16). The van der Waals surface area contributed by atoms with E-state index in [2.05, 4.69) is 58.0 Å². The summed E-state index contributed by atoms with van der Waals surface area (Å²) in [6, 6.07) is 6.46. The lowest BCUT2D eigenvalue weighted by Crippen LogP contribution is -2.14. The molecule has 2 N–H and O–H groups in total. The number of nitrogens with one attached hydrogen (secondary N) is 2. The van der Waals surface area contributed by atoms with Gasteiger partial charge in [-0.25, -0.2) is 0 Å². The molecule has 1 heterocycles. The van der Waals surface area contributed by atoms with Crippen LogP contribution in [0.5, 0.6) is 0 Å². The lowest BCUT2D eigenvalue weighted by molar-refractivity contribution is 0.661. The van der Waals surface area contributed by atoms with Crippen molar-refractivity contribution in [3.8, 4) is 0 Å². The second-order valence-corrected chi connectivity index (χ2v) is 3.86. The van der Waals surface area contributed by atoms with Crippen LogP contribution in [0.2, 0.25) is 0 Å². The van der Waals surface area contributed by atoms with Crippen LogP contribution in [0.4, 0.5) is 0 Å². The van der Waals surface area contributed by atoms with Crippen LogP contribution in [0.25, 0.3) is 0 Å². The van der Waals surface area contributed by atoms with Crippen molar-refractivity contribution < 1.29 is 0 Å². The van der Waals surface area contributed by atoms with Crippen LogP contribution in [0.1, 0.15) is 22.5 Å². The Morgan fingerprint density at radius 1 is 1.25 bits per heavy atom. The fraction of sp³-hybridized carbons (Fsp3) is 0.364. The molecular formula is C11H15N5. The number of benzene rings is 1. The minimum absolute atomic E-state index is 0.629. The maximum absolute atomic E-state index is 3.87. The van der Waals surface area contributed by atoms with Gasteiger partial charge in [-0.3, -0.25) is 0 Å². The van der Waals surface area contributed by atoms with Crippen LogP contribution >= 0.6 is 0 Å². The molecule has 0 atom stereocenters. The number of hydrogen-bond donors (Lipinski definition) is 2. The summed E-state index contributed by atoms with van der Waals surface area (Å²) in [6.07, 6.45) is 0. The average Bonchev–Trinajstić information content (AvgIpc) is 2.74. The molecule has 0 amide bonds. The van der Waals surface area contributed by atoms with Crippen LogP contribution in [0.15, 0.2) is 18.2 Å². The molecule has 0 saturated carbocycles. The van der Waals surface area contributed by atoms with Gasteiger partial charge in [-0.05, 0) is 25.0 Å². The third-order valence-electron chi connectivity index (χ3n) is 2.49. The van der Waals surface area contributed by atoms with Gasteiger partial charge in [-0.2, -0.15) is 5.21 Å². The zero-order valence-corrected chi connectivity index (χ0v) is 9.49. The molecule has 0 fully saturated rings. The summed E-state index contributed by atoms with van der Waals surface area (Å²) in [5.41, 5.74) is 3.90. The Labute approximate surface area is 94.3 Å². The Bertz CT molecular complexity index is 449. The largest absolute Gasteiger partial charge is 0.306 e. The number of rotatable bonds is 4. The zero-order valence-electron chi connectivity index (χ0n) is 9.49. The summed E-state index contributed by atoms with van der Waals surface area (Å²) in [5, 5.41) is 17.0. The van der Waals surface area contributed by atoms with Crippen molar-refractivity contribution in [2.45, 2.75) is 26.9 Å². The summed E-state index contributed by atoms with van der Waals surface area (Å²) in [4.78, 5) is 0. The molecule has 1 aromatic heterocycles.